The van der Waals surface area contributed by atoms with E-state index in [1.807, 2.05) is 7.05 Å². The average Bonchev–Trinajstić information content (AvgIpc) is 3.18. The van der Waals surface area contributed by atoms with Crippen LogP contribution in [0.25, 0.3) is 0 Å². The Morgan fingerprint density at radius 3 is 2.62 bits per heavy atom. The van der Waals surface area contributed by atoms with Crippen molar-refractivity contribution in [2.45, 2.75) is 23.8 Å². The minimum atomic E-state index is -3.59. The van der Waals surface area contributed by atoms with Crippen molar-refractivity contribution >= 4 is 10.0 Å². The Balaban J connectivity index is 1.68. The Kier molecular flexibility index (Phi) is 3.76. The van der Waals surface area contributed by atoms with Gasteiger partial charge in [0, 0.05) is 32.3 Å². The molecule has 24 heavy (non-hydrogen) atoms. The third-order valence-corrected chi connectivity index (χ3v) is 7.32. The number of hydrogen-bond donors (Lipinski definition) is 0. The van der Waals surface area contributed by atoms with E-state index in [0.717, 1.165) is 6.42 Å². The Morgan fingerprint density at radius 1 is 1.17 bits per heavy atom. The molecule has 132 valence electrons. The second-order valence-corrected chi connectivity index (χ2v) is 8.66. The summed E-state index contributed by atoms with van der Waals surface area (Å²) >= 11 is 0. The summed E-state index contributed by atoms with van der Waals surface area (Å²) in [5.41, 5.74) is 0.463. The smallest absolute Gasteiger partial charge is 0.243 e. The van der Waals surface area contributed by atoms with Gasteiger partial charge in [0.2, 0.25) is 16.8 Å². The molecule has 0 amide bonds. The lowest BCUT2D eigenvalue weighted by Crippen LogP contribution is -2.62. The first kappa shape index (κ1) is 16.1. The van der Waals surface area contributed by atoms with Crippen LogP contribution >= 0.6 is 0 Å². The lowest BCUT2D eigenvalue weighted by molar-refractivity contribution is 0.0375. The number of rotatable bonds is 2. The number of likely N-dealkylation sites (N-methyl/N-ethyl adjacent to an activating group) is 1. The fourth-order valence-electron chi connectivity index (χ4n) is 3.70. The van der Waals surface area contributed by atoms with E-state index in [9.17, 15) is 8.42 Å². The Morgan fingerprint density at radius 2 is 1.92 bits per heavy atom. The van der Waals surface area contributed by atoms with E-state index in [-0.39, 0.29) is 12.3 Å². The molecule has 1 spiro atoms. The van der Waals surface area contributed by atoms with Crippen LogP contribution in [0, 0.1) is 6.92 Å². The Labute approximate surface area is 142 Å². The number of piperazine rings is 1. The van der Waals surface area contributed by atoms with Crippen LogP contribution in [0.2, 0.25) is 0 Å². The van der Waals surface area contributed by atoms with Gasteiger partial charge in [-0.3, -0.25) is 4.90 Å². The molecular formula is C16H22N2O5S. The van der Waals surface area contributed by atoms with Gasteiger partial charge in [-0.2, -0.15) is 4.31 Å². The predicted molar refractivity (Wildman–Crippen MR) is 86.9 cm³/mol. The zero-order chi connectivity index (χ0) is 16.9. The highest BCUT2D eigenvalue weighted by atomic mass is 32.2. The summed E-state index contributed by atoms with van der Waals surface area (Å²) in [6, 6.07) is 3.32. The van der Waals surface area contributed by atoms with Crippen LogP contribution in [-0.2, 0) is 14.8 Å². The highest BCUT2D eigenvalue weighted by Gasteiger charge is 2.46. The van der Waals surface area contributed by atoms with Crippen LogP contribution in [0.4, 0.5) is 0 Å². The largest absolute Gasteiger partial charge is 0.454 e. The van der Waals surface area contributed by atoms with Crippen molar-refractivity contribution in [3.63, 3.8) is 0 Å². The van der Waals surface area contributed by atoms with Crippen molar-refractivity contribution in [2.75, 3.05) is 46.7 Å². The number of nitrogens with zero attached hydrogens (tertiary/aromatic N) is 2. The van der Waals surface area contributed by atoms with E-state index in [0.29, 0.717) is 54.8 Å². The number of sulfonamides is 1. The molecule has 2 fully saturated rings. The molecule has 1 atom stereocenters. The quantitative estimate of drug-likeness (QED) is 0.783. The lowest BCUT2D eigenvalue weighted by Gasteiger charge is -2.45. The molecule has 0 aliphatic carbocycles. The topological polar surface area (TPSA) is 68.3 Å². The first-order chi connectivity index (χ1) is 11.4. The highest BCUT2D eigenvalue weighted by Crippen LogP contribution is 2.38. The summed E-state index contributed by atoms with van der Waals surface area (Å²) in [5.74, 6) is 1.10. The summed E-state index contributed by atoms with van der Waals surface area (Å²) in [6.07, 6.45) is 0.857. The van der Waals surface area contributed by atoms with Crippen LogP contribution in [0.5, 0.6) is 11.5 Å². The lowest BCUT2D eigenvalue weighted by atomic mass is 9.95. The van der Waals surface area contributed by atoms with Crippen molar-refractivity contribution in [3.8, 4) is 11.5 Å². The van der Waals surface area contributed by atoms with Gasteiger partial charge in [-0.05, 0) is 32.0 Å². The molecule has 3 aliphatic heterocycles. The second-order valence-electron chi connectivity index (χ2n) is 6.76. The molecule has 1 unspecified atom stereocenters. The summed E-state index contributed by atoms with van der Waals surface area (Å²) in [5, 5.41) is 0. The fraction of sp³-hybridized carbons (Fsp3) is 0.625. The monoisotopic (exact) mass is 354 g/mol. The zero-order valence-corrected chi connectivity index (χ0v) is 14.8. The molecule has 7 nitrogen and oxygen atoms in total. The molecule has 8 heteroatoms. The number of fused-ring (bicyclic) bond motifs is 1. The van der Waals surface area contributed by atoms with Gasteiger partial charge in [0.15, 0.2) is 11.5 Å². The molecule has 1 aromatic carbocycles. The molecule has 0 radical (unpaired) electrons. The van der Waals surface area contributed by atoms with E-state index in [1.54, 1.807) is 23.4 Å². The maximum absolute atomic E-state index is 13.2. The SMILES string of the molecule is Cc1cc2c(cc1S(=O)(=O)N1CCN(C)C3(CCOC3)C1)OCO2. The molecule has 3 heterocycles. The summed E-state index contributed by atoms with van der Waals surface area (Å²) < 4.78 is 44.3. The summed E-state index contributed by atoms with van der Waals surface area (Å²) in [7, 11) is -1.54. The zero-order valence-electron chi connectivity index (χ0n) is 13.9. The molecule has 0 aromatic heterocycles. The number of benzene rings is 1. The van der Waals surface area contributed by atoms with Gasteiger partial charge >= 0.3 is 0 Å². The molecule has 0 N–H and O–H groups in total. The molecule has 3 aliphatic rings. The average molecular weight is 354 g/mol. The van der Waals surface area contributed by atoms with Crippen LogP contribution in [0.3, 0.4) is 0 Å². The summed E-state index contributed by atoms with van der Waals surface area (Å²) in [4.78, 5) is 2.53. The van der Waals surface area contributed by atoms with Gasteiger partial charge in [0.25, 0.3) is 0 Å². The van der Waals surface area contributed by atoms with E-state index in [1.165, 1.54) is 0 Å². The normalized spacial score (nSPS) is 27.9. The number of hydrogen-bond acceptors (Lipinski definition) is 6. The van der Waals surface area contributed by atoms with Gasteiger partial charge in [-0.15, -0.1) is 0 Å². The number of ether oxygens (including phenoxy) is 3. The first-order valence-corrected chi connectivity index (χ1v) is 9.56. The fourth-order valence-corrected chi connectivity index (χ4v) is 5.43. The maximum atomic E-state index is 13.2. The third kappa shape index (κ3) is 2.40. The molecule has 2 saturated heterocycles. The molecular weight excluding hydrogens is 332 g/mol. The van der Waals surface area contributed by atoms with Gasteiger partial charge < -0.3 is 14.2 Å². The van der Waals surface area contributed by atoms with Gasteiger partial charge in [0.05, 0.1) is 17.0 Å². The van der Waals surface area contributed by atoms with E-state index >= 15 is 0 Å². The Hall–Kier alpha value is -1.35. The number of aryl methyl sites for hydroxylation is 1. The molecule has 4 rings (SSSR count). The van der Waals surface area contributed by atoms with Crippen molar-refractivity contribution in [3.05, 3.63) is 17.7 Å². The third-order valence-electron chi connectivity index (χ3n) is 5.34. The van der Waals surface area contributed by atoms with Crippen molar-refractivity contribution in [2.24, 2.45) is 0 Å². The predicted octanol–water partition coefficient (Wildman–Crippen LogP) is 0.819. The van der Waals surface area contributed by atoms with Gasteiger partial charge in [-0.25, -0.2) is 8.42 Å². The first-order valence-electron chi connectivity index (χ1n) is 8.12. The maximum Gasteiger partial charge on any atom is 0.243 e. The summed E-state index contributed by atoms with van der Waals surface area (Å²) in [6.45, 7) is 4.82. The van der Waals surface area contributed by atoms with Gasteiger partial charge in [-0.1, -0.05) is 0 Å². The molecule has 0 saturated carbocycles. The molecule has 0 bridgehead atoms. The molecule has 1 aromatic rings. The van der Waals surface area contributed by atoms with Crippen molar-refractivity contribution < 1.29 is 22.6 Å². The van der Waals surface area contributed by atoms with Crippen LogP contribution in [0.1, 0.15) is 12.0 Å². The van der Waals surface area contributed by atoms with Crippen LogP contribution in [-0.4, -0.2) is 69.9 Å². The van der Waals surface area contributed by atoms with Crippen molar-refractivity contribution in [1.29, 1.82) is 0 Å². The Bertz CT molecular complexity index is 758. The standard InChI is InChI=1S/C16H22N2O5S/c1-12-7-13-14(23-11-22-13)8-15(12)24(19,20)18-5-4-17(2)16(9-18)3-6-21-10-16/h7-8H,3-6,9-11H2,1-2H3. The van der Waals surface area contributed by atoms with E-state index in [4.69, 9.17) is 14.2 Å². The van der Waals surface area contributed by atoms with E-state index < -0.39 is 10.0 Å². The van der Waals surface area contributed by atoms with E-state index in [2.05, 4.69) is 4.90 Å². The van der Waals surface area contributed by atoms with Crippen molar-refractivity contribution in [1.82, 2.24) is 9.21 Å². The minimum Gasteiger partial charge on any atom is -0.454 e. The van der Waals surface area contributed by atoms with Crippen LogP contribution in [0.15, 0.2) is 17.0 Å². The van der Waals surface area contributed by atoms with Gasteiger partial charge in [0.1, 0.15) is 0 Å². The highest BCUT2D eigenvalue weighted by molar-refractivity contribution is 7.89. The second kappa shape index (κ2) is 5.59. The van der Waals surface area contributed by atoms with Crippen LogP contribution < -0.4 is 9.47 Å². The minimum absolute atomic E-state index is 0.132.